The number of fused-ring (bicyclic) bond motifs is 1. The van der Waals surface area contributed by atoms with Gasteiger partial charge < -0.3 is 10.2 Å². The number of rotatable bonds is 1. The van der Waals surface area contributed by atoms with Crippen molar-refractivity contribution in [1.82, 2.24) is 0 Å². The van der Waals surface area contributed by atoms with Crippen molar-refractivity contribution in [2.75, 3.05) is 10.2 Å². The summed E-state index contributed by atoms with van der Waals surface area (Å²) in [7, 11) is 0. The zero-order valence-corrected chi connectivity index (χ0v) is 6.83. The monoisotopic (exact) mass is 159 g/mol. The Morgan fingerprint density at radius 1 is 1.25 bits per heavy atom. The fourth-order valence-corrected chi connectivity index (χ4v) is 1.68. The molecule has 1 radical (unpaired) electrons. The normalized spacial score (nSPS) is 20.5. The number of para-hydroxylation sites is 2. The Kier molecular flexibility index (Phi) is 1.14. The molecule has 1 aliphatic heterocycles. The summed E-state index contributed by atoms with van der Waals surface area (Å²) in [5.41, 5.74) is 2.57. The van der Waals surface area contributed by atoms with Gasteiger partial charge >= 0.3 is 0 Å². The Bertz CT molecular complexity index is 304. The molecule has 3 rings (SSSR count). The highest BCUT2D eigenvalue weighted by Gasteiger charge is 2.33. The van der Waals surface area contributed by atoms with Gasteiger partial charge in [-0.2, -0.15) is 0 Å². The van der Waals surface area contributed by atoms with Gasteiger partial charge in [0.25, 0.3) is 0 Å². The van der Waals surface area contributed by atoms with E-state index in [4.69, 9.17) is 0 Å². The van der Waals surface area contributed by atoms with Gasteiger partial charge in [-0.25, -0.2) is 0 Å². The third-order valence-corrected chi connectivity index (χ3v) is 2.48. The van der Waals surface area contributed by atoms with Gasteiger partial charge in [0.2, 0.25) is 0 Å². The summed E-state index contributed by atoms with van der Waals surface area (Å²) in [5.74, 6) is 0. The van der Waals surface area contributed by atoms with Crippen LogP contribution in [0.2, 0.25) is 0 Å². The smallest absolute Gasteiger partial charge is 0.139 e. The lowest BCUT2D eigenvalue weighted by atomic mass is 10.2. The van der Waals surface area contributed by atoms with Gasteiger partial charge in [-0.1, -0.05) is 12.1 Å². The van der Waals surface area contributed by atoms with Crippen molar-refractivity contribution < 1.29 is 0 Å². The van der Waals surface area contributed by atoms with Crippen LogP contribution in [0.15, 0.2) is 24.3 Å². The summed E-state index contributed by atoms with van der Waals surface area (Å²) >= 11 is 0. The molecule has 61 valence electrons. The molecular weight excluding hydrogens is 148 g/mol. The standard InChI is InChI=1S/C10H11N2/c1-2-4-10-9(3-1)11-7-12(10)8-5-6-8/h1-4,7-8,11H,5-6H2. The van der Waals surface area contributed by atoms with Gasteiger partial charge in [0.1, 0.15) is 6.67 Å². The number of benzene rings is 1. The summed E-state index contributed by atoms with van der Waals surface area (Å²) in [6.45, 7) is 2.09. The van der Waals surface area contributed by atoms with Crippen molar-refractivity contribution in [3.63, 3.8) is 0 Å². The van der Waals surface area contributed by atoms with E-state index in [1.165, 1.54) is 24.2 Å². The molecule has 1 aliphatic carbocycles. The van der Waals surface area contributed by atoms with Crippen molar-refractivity contribution in [2.45, 2.75) is 18.9 Å². The Labute approximate surface area is 72.2 Å². The van der Waals surface area contributed by atoms with E-state index in [2.05, 4.69) is 41.2 Å². The van der Waals surface area contributed by atoms with E-state index in [0.29, 0.717) is 0 Å². The molecule has 1 saturated carbocycles. The lowest BCUT2D eigenvalue weighted by Gasteiger charge is -2.15. The predicted molar refractivity (Wildman–Crippen MR) is 49.9 cm³/mol. The topological polar surface area (TPSA) is 15.3 Å². The zero-order chi connectivity index (χ0) is 7.97. The van der Waals surface area contributed by atoms with Crippen LogP contribution in [0.1, 0.15) is 12.8 Å². The molecule has 0 atom stereocenters. The average Bonchev–Trinajstić information content (AvgIpc) is 2.86. The van der Waals surface area contributed by atoms with Gasteiger partial charge in [0.15, 0.2) is 0 Å². The summed E-state index contributed by atoms with van der Waals surface area (Å²) in [5, 5.41) is 3.27. The fraction of sp³-hybridized carbons (Fsp3) is 0.300. The van der Waals surface area contributed by atoms with E-state index < -0.39 is 0 Å². The third kappa shape index (κ3) is 0.809. The molecule has 2 nitrogen and oxygen atoms in total. The maximum absolute atomic E-state index is 3.27. The summed E-state index contributed by atoms with van der Waals surface area (Å²) in [6, 6.07) is 9.21. The van der Waals surface area contributed by atoms with E-state index in [1.54, 1.807) is 0 Å². The van der Waals surface area contributed by atoms with Gasteiger partial charge in [-0.15, -0.1) is 0 Å². The molecule has 0 saturated heterocycles. The summed E-state index contributed by atoms with van der Waals surface area (Å²) in [4.78, 5) is 2.34. The quantitative estimate of drug-likeness (QED) is 0.675. The molecule has 0 bridgehead atoms. The zero-order valence-electron chi connectivity index (χ0n) is 6.83. The first-order chi connectivity index (χ1) is 5.95. The van der Waals surface area contributed by atoms with Crippen LogP contribution in [0.3, 0.4) is 0 Å². The van der Waals surface area contributed by atoms with Crippen molar-refractivity contribution >= 4 is 11.4 Å². The Hall–Kier alpha value is -1.18. The number of nitrogens with zero attached hydrogens (tertiary/aromatic N) is 1. The van der Waals surface area contributed by atoms with Crippen LogP contribution in [0.25, 0.3) is 0 Å². The Morgan fingerprint density at radius 2 is 2.08 bits per heavy atom. The minimum Gasteiger partial charge on any atom is -0.360 e. The SMILES string of the molecule is [CH]1Nc2ccccc2N1C1CC1. The van der Waals surface area contributed by atoms with Crippen molar-refractivity contribution in [3.8, 4) is 0 Å². The second-order valence-electron chi connectivity index (χ2n) is 3.43. The van der Waals surface area contributed by atoms with Gasteiger partial charge in [-0.05, 0) is 25.0 Å². The van der Waals surface area contributed by atoms with E-state index in [-0.39, 0.29) is 0 Å². The molecular formula is C10H11N2. The minimum atomic E-state index is 0.765. The Balaban J connectivity index is 2.01. The largest absolute Gasteiger partial charge is 0.360 e. The van der Waals surface area contributed by atoms with E-state index in [9.17, 15) is 0 Å². The van der Waals surface area contributed by atoms with Crippen molar-refractivity contribution in [1.29, 1.82) is 0 Å². The van der Waals surface area contributed by atoms with Gasteiger partial charge in [0.05, 0.1) is 11.4 Å². The van der Waals surface area contributed by atoms with Crippen molar-refractivity contribution in [2.24, 2.45) is 0 Å². The molecule has 1 aromatic rings. The van der Waals surface area contributed by atoms with Gasteiger partial charge in [-0.3, -0.25) is 0 Å². The molecule has 1 heterocycles. The minimum absolute atomic E-state index is 0.765. The summed E-state index contributed by atoms with van der Waals surface area (Å²) < 4.78 is 0. The highest BCUT2D eigenvalue weighted by atomic mass is 15.3. The van der Waals surface area contributed by atoms with Crippen molar-refractivity contribution in [3.05, 3.63) is 30.9 Å². The van der Waals surface area contributed by atoms with Crippen LogP contribution in [-0.2, 0) is 0 Å². The van der Waals surface area contributed by atoms with Crippen LogP contribution in [0, 0.1) is 6.67 Å². The van der Waals surface area contributed by atoms with Crippen LogP contribution >= 0.6 is 0 Å². The van der Waals surface area contributed by atoms with Crippen LogP contribution < -0.4 is 10.2 Å². The first-order valence-electron chi connectivity index (χ1n) is 4.42. The lowest BCUT2D eigenvalue weighted by molar-refractivity contribution is 0.935. The second kappa shape index (κ2) is 2.16. The maximum atomic E-state index is 3.27. The lowest BCUT2D eigenvalue weighted by Crippen LogP contribution is -2.19. The third-order valence-electron chi connectivity index (χ3n) is 2.48. The van der Waals surface area contributed by atoms with E-state index in [0.717, 1.165) is 6.04 Å². The predicted octanol–water partition coefficient (Wildman–Crippen LogP) is 2.20. The second-order valence-corrected chi connectivity index (χ2v) is 3.43. The number of anilines is 2. The molecule has 1 fully saturated rings. The highest BCUT2D eigenvalue weighted by molar-refractivity contribution is 5.77. The van der Waals surface area contributed by atoms with E-state index >= 15 is 0 Å². The molecule has 0 unspecified atom stereocenters. The van der Waals surface area contributed by atoms with E-state index in [1.807, 2.05) is 0 Å². The molecule has 0 amide bonds. The molecule has 12 heavy (non-hydrogen) atoms. The van der Waals surface area contributed by atoms with Crippen LogP contribution in [0.4, 0.5) is 11.4 Å². The first-order valence-corrected chi connectivity index (χ1v) is 4.42. The number of nitrogens with one attached hydrogen (secondary N) is 1. The fourth-order valence-electron chi connectivity index (χ4n) is 1.68. The number of hydrogen-bond acceptors (Lipinski definition) is 2. The Morgan fingerprint density at radius 3 is 2.92 bits per heavy atom. The first kappa shape index (κ1) is 6.35. The van der Waals surface area contributed by atoms with Crippen LogP contribution in [0.5, 0.6) is 0 Å². The molecule has 0 spiro atoms. The maximum Gasteiger partial charge on any atom is 0.139 e. The van der Waals surface area contributed by atoms with Crippen LogP contribution in [-0.4, -0.2) is 6.04 Å². The molecule has 2 heteroatoms. The van der Waals surface area contributed by atoms with Gasteiger partial charge in [0, 0.05) is 6.04 Å². The highest BCUT2D eigenvalue weighted by Crippen LogP contribution is 2.40. The molecule has 0 aromatic heterocycles. The molecule has 2 aliphatic rings. The average molecular weight is 159 g/mol. The molecule has 1 N–H and O–H groups in total. The summed E-state index contributed by atoms with van der Waals surface area (Å²) in [6.07, 6.45) is 2.68. The molecule has 1 aromatic carbocycles. The number of hydrogen-bond donors (Lipinski definition) is 1.